The van der Waals surface area contributed by atoms with E-state index in [0.29, 0.717) is 18.5 Å². The van der Waals surface area contributed by atoms with E-state index in [4.69, 9.17) is 34.3 Å². The Morgan fingerprint density at radius 3 is 1.56 bits per heavy atom. The summed E-state index contributed by atoms with van der Waals surface area (Å²) in [5.41, 5.74) is 0. The van der Waals surface area contributed by atoms with Crippen molar-refractivity contribution in [2.24, 2.45) is 0 Å². The summed E-state index contributed by atoms with van der Waals surface area (Å²) in [6.45, 7) is 4.04. The fourth-order valence-corrected chi connectivity index (χ4v) is 4.78. The van der Waals surface area contributed by atoms with Gasteiger partial charge >= 0.3 is 0 Å². The summed E-state index contributed by atoms with van der Waals surface area (Å²) in [5, 5.41) is 23.7. The van der Waals surface area contributed by atoms with Gasteiger partial charge in [0.05, 0.1) is 45.7 Å². The second-order valence-electron chi connectivity index (χ2n) is 9.89. The molecule has 0 aromatic carbocycles. The molecule has 0 bridgehead atoms. The van der Waals surface area contributed by atoms with Gasteiger partial charge in [-0.3, -0.25) is 4.79 Å². The molecule has 3 saturated carbocycles. The molecular weight excluding hydrogens is 730 g/mol. The summed E-state index contributed by atoms with van der Waals surface area (Å²) >= 11 is 4.24. The summed E-state index contributed by atoms with van der Waals surface area (Å²) in [6.07, 6.45) is 20.7. The highest BCUT2D eigenvalue weighted by Crippen LogP contribution is 2.35. The Bertz CT molecular complexity index is 472. The van der Waals surface area contributed by atoms with Crippen LogP contribution in [0.2, 0.25) is 0 Å². The third-order valence-corrected chi connectivity index (χ3v) is 6.76. The summed E-state index contributed by atoms with van der Waals surface area (Å²) in [6, 6.07) is 0. The van der Waals surface area contributed by atoms with Crippen LogP contribution in [0.4, 0.5) is 0 Å². The van der Waals surface area contributed by atoms with Crippen molar-refractivity contribution in [1.82, 2.24) is 0 Å². The number of hydrogen-bond acceptors (Lipinski definition) is 8. The molecule has 5 fully saturated rings. The molecule has 0 unspecified atom stereocenters. The Kier molecular flexibility index (Phi) is 34.2. The second kappa shape index (κ2) is 31.8. The molecule has 2 saturated heterocycles. The Labute approximate surface area is 262 Å². The molecule has 1 spiro atoms. The highest BCUT2D eigenvalue weighted by molar-refractivity contribution is 15.0. The van der Waals surface area contributed by atoms with Crippen LogP contribution in [0.1, 0.15) is 117 Å². The van der Waals surface area contributed by atoms with Crippen LogP contribution in [0.3, 0.4) is 0 Å². The minimum atomic E-state index is -0.127. The predicted molar refractivity (Wildman–Crippen MR) is 175 cm³/mol. The topological polar surface area (TPSA) is 115 Å². The van der Waals surface area contributed by atoms with E-state index in [9.17, 15) is 4.79 Å². The Hall–Kier alpha value is 0.850. The van der Waals surface area contributed by atoms with E-state index < -0.39 is 0 Å². The van der Waals surface area contributed by atoms with Gasteiger partial charge in [0.15, 0.2) is 5.79 Å². The van der Waals surface area contributed by atoms with Crippen LogP contribution in [-0.4, -0.2) is 85.8 Å². The molecule has 0 amide bonds. The first kappa shape index (κ1) is 42.0. The zero-order valence-electron chi connectivity index (χ0n) is 23.4. The molecule has 0 radical (unpaired) electrons. The van der Waals surface area contributed by atoms with Gasteiger partial charge in [0, 0.05) is 76.1 Å². The minimum Gasteiger partial charge on any atom is -0.394 e. The average Bonchev–Trinajstić information content (AvgIpc) is 3.72. The van der Waals surface area contributed by atoms with E-state index in [-0.39, 0.29) is 33.0 Å². The molecule has 0 aromatic heterocycles. The Balaban J connectivity index is 0. The molecule has 2 aliphatic heterocycles. The van der Waals surface area contributed by atoms with Crippen molar-refractivity contribution in [3.8, 4) is 0 Å². The zero-order valence-corrected chi connectivity index (χ0v) is 27.7. The largest absolute Gasteiger partial charge is 0.394 e. The molecule has 236 valence electrons. The molecule has 39 heavy (non-hydrogen) atoms. The lowest BCUT2D eigenvalue weighted by Gasteiger charge is -2.30. The number of rotatable bonds is 4. The first-order valence-corrected chi connectivity index (χ1v) is 20.9. The molecule has 8 nitrogen and oxygen atoms in total. The third-order valence-electron chi connectivity index (χ3n) is 6.76. The van der Waals surface area contributed by atoms with Gasteiger partial charge in [0.2, 0.25) is 0 Å². The number of aliphatic hydroxyl groups is 3. The van der Waals surface area contributed by atoms with Gasteiger partial charge in [0.25, 0.3) is 0 Å². The molecule has 0 aromatic rings. The number of carbonyl (C=O) groups excluding carboxylic acids is 1. The van der Waals surface area contributed by atoms with Crippen LogP contribution in [-0.2, 0) is 23.7 Å². The quantitative estimate of drug-likeness (QED) is 0.270. The van der Waals surface area contributed by atoms with E-state index in [1.165, 1.54) is 70.6 Å². The fourth-order valence-electron chi connectivity index (χ4n) is 4.78. The average molecular weight is 789 g/mol. The summed E-state index contributed by atoms with van der Waals surface area (Å²) in [7, 11) is 0. The van der Waals surface area contributed by atoms with Crippen molar-refractivity contribution in [3.63, 3.8) is 0 Å². The number of aliphatic hydroxyl groups excluding tert-OH is 3. The van der Waals surface area contributed by atoms with Crippen LogP contribution in [0.15, 0.2) is 0 Å². The van der Waals surface area contributed by atoms with E-state index >= 15 is 0 Å². The third kappa shape index (κ3) is 25.1. The van der Waals surface area contributed by atoms with Gasteiger partial charge in [0.1, 0.15) is 5.78 Å². The molecular formula is C29H58I2O8. The van der Waals surface area contributed by atoms with E-state index in [2.05, 4.69) is 37.2 Å². The maximum absolute atomic E-state index is 10.5. The first-order chi connectivity index (χ1) is 18.7. The van der Waals surface area contributed by atoms with Crippen molar-refractivity contribution in [3.05, 3.63) is 0 Å². The highest BCUT2D eigenvalue weighted by Gasteiger charge is 2.37. The SMILES string of the molecule is C.C1CCC2(CC1)OCCO2.C1CCOC1.II.O=C1CCCCC1.OCCO.OCCOC1CCCCC1. The summed E-state index contributed by atoms with van der Waals surface area (Å²) in [5.74, 6) is 0.337. The van der Waals surface area contributed by atoms with Crippen LogP contribution in [0.5, 0.6) is 0 Å². The van der Waals surface area contributed by atoms with Crippen molar-refractivity contribution < 1.29 is 39.1 Å². The molecule has 3 aliphatic carbocycles. The van der Waals surface area contributed by atoms with E-state index in [1.807, 2.05) is 0 Å². The minimum absolute atomic E-state index is 0. The van der Waals surface area contributed by atoms with Crippen molar-refractivity contribution in [1.29, 1.82) is 0 Å². The Morgan fingerprint density at radius 1 is 0.692 bits per heavy atom. The van der Waals surface area contributed by atoms with Gasteiger partial charge in [-0.15, -0.1) is 0 Å². The number of Topliss-reactive ketones (excluding diaryl/α,β-unsaturated/α-hetero) is 1. The molecule has 5 rings (SSSR count). The lowest BCUT2D eigenvalue weighted by atomic mass is 9.94. The van der Waals surface area contributed by atoms with E-state index in [0.717, 1.165) is 65.0 Å². The molecule has 0 atom stereocenters. The number of carbonyl (C=O) groups is 1. The van der Waals surface area contributed by atoms with Gasteiger partial charge in [-0.2, -0.15) is 0 Å². The number of ketones is 1. The lowest BCUT2D eigenvalue weighted by molar-refractivity contribution is -0.176. The van der Waals surface area contributed by atoms with Crippen LogP contribution >= 0.6 is 37.2 Å². The second-order valence-corrected chi connectivity index (χ2v) is 9.89. The molecule has 5 aliphatic rings. The van der Waals surface area contributed by atoms with Crippen molar-refractivity contribution in [2.75, 3.05) is 52.9 Å². The lowest BCUT2D eigenvalue weighted by Crippen LogP contribution is -2.32. The number of hydrogen-bond donors (Lipinski definition) is 3. The number of ether oxygens (including phenoxy) is 4. The molecule has 2 heterocycles. The number of halogens is 2. The summed E-state index contributed by atoms with van der Waals surface area (Å²) < 4.78 is 21.4. The van der Waals surface area contributed by atoms with Gasteiger partial charge in [-0.1, -0.05) is 39.5 Å². The normalized spacial score (nSPS) is 21.5. The molecule has 10 heteroatoms. The monoisotopic (exact) mass is 788 g/mol. The smallest absolute Gasteiger partial charge is 0.168 e. The molecule has 3 N–H and O–H groups in total. The zero-order chi connectivity index (χ0) is 28.2. The van der Waals surface area contributed by atoms with Crippen LogP contribution in [0, 0.1) is 0 Å². The maximum atomic E-state index is 10.5. The van der Waals surface area contributed by atoms with Crippen LogP contribution in [0.25, 0.3) is 0 Å². The van der Waals surface area contributed by atoms with Crippen molar-refractivity contribution >= 4 is 43.0 Å². The van der Waals surface area contributed by atoms with Crippen molar-refractivity contribution in [2.45, 2.75) is 128 Å². The summed E-state index contributed by atoms with van der Waals surface area (Å²) in [4.78, 5) is 10.5. The van der Waals surface area contributed by atoms with E-state index in [1.54, 1.807) is 0 Å². The van der Waals surface area contributed by atoms with Crippen LogP contribution < -0.4 is 0 Å². The fraction of sp³-hybridized carbons (Fsp3) is 0.966. The van der Waals surface area contributed by atoms with Gasteiger partial charge in [-0.05, 0) is 51.4 Å². The first-order valence-electron chi connectivity index (χ1n) is 14.6. The maximum Gasteiger partial charge on any atom is 0.168 e. The predicted octanol–water partition coefficient (Wildman–Crippen LogP) is 6.72. The van der Waals surface area contributed by atoms with Gasteiger partial charge in [-0.25, -0.2) is 0 Å². The Morgan fingerprint density at radius 2 is 1.18 bits per heavy atom. The van der Waals surface area contributed by atoms with Gasteiger partial charge < -0.3 is 34.3 Å². The standard InChI is InChI=1S/C8H14O2.C8H16O2.C6H10O.C4H8O.C2H6O2.CH4.I2/c1-2-4-8(5-3-1)9-6-7-10-8;9-6-7-10-8-4-2-1-3-5-8;7-6-4-2-1-3-5-6;1-2-4-5-3-1;3-1-2-4;;1-2/h1-7H2;8-9H,1-7H2;1-5H2;1-4H2;3-4H,1-2H2;1H4;. The highest BCUT2D eigenvalue weighted by atomic mass is 128.